The van der Waals surface area contributed by atoms with E-state index in [0.29, 0.717) is 6.04 Å². The summed E-state index contributed by atoms with van der Waals surface area (Å²) >= 11 is 0. The van der Waals surface area contributed by atoms with Crippen LogP contribution in [0.3, 0.4) is 0 Å². The van der Waals surface area contributed by atoms with Crippen molar-refractivity contribution < 1.29 is 4.74 Å². The Morgan fingerprint density at radius 2 is 2.17 bits per heavy atom. The zero-order chi connectivity index (χ0) is 12.4. The van der Waals surface area contributed by atoms with E-state index in [-0.39, 0.29) is 0 Å². The average Bonchev–Trinajstić information content (AvgIpc) is 2.80. The molecular weight excluding hydrogens is 228 g/mol. The summed E-state index contributed by atoms with van der Waals surface area (Å²) in [6, 6.07) is 0.321. The van der Waals surface area contributed by atoms with E-state index in [1.165, 1.54) is 11.5 Å². The van der Waals surface area contributed by atoms with E-state index in [1.54, 1.807) is 0 Å². The largest absolute Gasteiger partial charge is 0.379 e. The monoisotopic (exact) mass is 250 g/mol. The van der Waals surface area contributed by atoms with E-state index in [0.717, 1.165) is 58.7 Å². The fraction of sp³-hybridized carbons (Fsp3) is 0.769. The molecule has 18 heavy (non-hydrogen) atoms. The Morgan fingerprint density at radius 3 is 3.00 bits per heavy atom. The van der Waals surface area contributed by atoms with Crippen molar-refractivity contribution in [2.45, 2.75) is 31.8 Å². The molecular formula is C13H22N4O. The zero-order valence-corrected chi connectivity index (χ0v) is 10.8. The van der Waals surface area contributed by atoms with Crippen LogP contribution in [0.25, 0.3) is 0 Å². The van der Waals surface area contributed by atoms with Gasteiger partial charge in [-0.15, -0.1) is 0 Å². The van der Waals surface area contributed by atoms with Crippen LogP contribution >= 0.6 is 0 Å². The van der Waals surface area contributed by atoms with Gasteiger partial charge in [-0.3, -0.25) is 4.90 Å². The van der Waals surface area contributed by atoms with Crippen LogP contribution in [-0.4, -0.2) is 53.3 Å². The fourth-order valence-corrected chi connectivity index (χ4v) is 2.84. The Labute approximate surface area is 108 Å². The first kappa shape index (κ1) is 12.1. The number of rotatable bonds is 3. The van der Waals surface area contributed by atoms with Crippen molar-refractivity contribution in [2.24, 2.45) is 5.73 Å². The molecule has 0 amide bonds. The van der Waals surface area contributed by atoms with Gasteiger partial charge in [0.25, 0.3) is 0 Å². The van der Waals surface area contributed by atoms with Crippen LogP contribution in [0.4, 0.5) is 0 Å². The van der Waals surface area contributed by atoms with Gasteiger partial charge in [-0.2, -0.15) is 0 Å². The first-order chi connectivity index (χ1) is 8.83. The number of nitrogens with two attached hydrogens (primary N) is 1. The number of morpholine rings is 1. The topological polar surface area (TPSA) is 56.3 Å². The summed E-state index contributed by atoms with van der Waals surface area (Å²) in [5, 5.41) is 0. The average molecular weight is 250 g/mol. The maximum atomic E-state index is 5.99. The highest BCUT2D eigenvalue weighted by atomic mass is 16.5. The van der Waals surface area contributed by atoms with Crippen LogP contribution in [-0.2, 0) is 24.1 Å². The van der Waals surface area contributed by atoms with Gasteiger partial charge in [0.1, 0.15) is 5.82 Å². The lowest BCUT2D eigenvalue weighted by Gasteiger charge is -2.27. The molecule has 2 aliphatic rings. The van der Waals surface area contributed by atoms with Crippen molar-refractivity contribution in [1.29, 1.82) is 0 Å². The molecule has 1 unspecified atom stereocenters. The smallest absolute Gasteiger partial charge is 0.110 e. The summed E-state index contributed by atoms with van der Waals surface area (Å²) in [4.78, 5) is 7.02. The van der Waals surface area contributed by atoms with E-state index in [2.05, 4.69) is 14.5 Å². The molecule has 0 aromatic carbocycles. The minimum Gasteiger partial charge on any atom is -0.379 e. The summed E-state index contributed by atoms with van der Waals surface area (Å²) < 4.78 is 7.73. The second kappa shape index (κ2) is 5.38. The molecule has 0 bridgehead atoms. The molecule has 1 saturated heterocycles. The Hall–Kier alpha value is -0.910. The highest BCUT2D eigenvalue weighted by Crippen LogP contribution is 2.16. The maximum Gasteiger partial charge on any atom is 0.110 e. The number of nitrogens with zero attached hydrogens (tertiary/aromatic N) is 3. The molecule has 1 aromatic heterocycles. The summed E-state index contributed by atoms with van der Waals surface area (Å²) in [7, 11) is 0. The van der Waals surface area contributed by atoms with Crippen molar-refractivity contribution in [3.63, 3.8) is 0 Å². The molecule has 0 saturated carbocycles. The third-order valence-corrected chi connectivity index (χ3v) is 3.97. The van der Waals surface area contributed by atoms with Crippen LogP contribution in [0, 0.1) is 0 Å². The molecule has 1 fully saturated rings. The number of hydrogen-bond donors (Lipinski definition) is 1. The Bertz CT molecular complexity index is 398. The molecule has 0 radical (unpaired) electrons. The van der Waals surface area contributed by atoms with Crippen molar-refractivity contribution in [1.82, 2.24) is 14.5 Å². The van der Waals surface area contributed by atoms with Crippen molar-refractivity contribution in [2.75, 3.05) is 32.8 Å². The van der Waals surface area contributed by atoms with Gasteiger partial charge in [-0.25, -0.2) is 4.98 Å². The molecule has 1 aromatic rings. The number of aromatic nitrogens is 2. The van der Waals surface area contributed by atoms with Gasteiger partial charge in [0, 0.05) is 57.0 Å². The van der Waals surface area contributed by atoms with E-state index in [4.69, 9.17) is 10.5 Å². The van der Waals surface area contributed by atoms with Crippen molar-refractivity contribution in [3.8, 4) is 0 Å². The minimum absolute atomic E-state index is 0.321. The van der Waals surface area contributed by atoms with Crippen LogP contribution in [0.5, 0.6) is 0 Å². The Morgan fingerprint density at radius 1 is 1.33 bits per heavy atom. The van der Waals surface area contributed by atoms with Crippen LogP contribution < -0.4 is 5.73 Å². The number of ether oxygens (including phenoxy) is 1. The van der Waals surface area contributed by atoms with Crippen LogP contribution in [0.15, 0.2) is 6.20 Å². The molecule has 1 atom stereocenters. The van der Waals surface area contributed by atoms with Crippen LogP contribution in [0.2, 0.25) is 0 Å². The summed E-state index contributed by atoms with van der Waals surface area (Å²) in [5.41, 5.74) is 7.30. The van der Waals surface area contributed by atoms with Gasteiger partial charge in [0.2, 0.25) is 0 Å². The highest BCUT2D eigenvalue weighted by Gasteiger charge is 2.19. The van der Waals surface area contributed by atoms with Crippen molar-refractivity contribution in [3.05, 3.63) is 17.7 Å². The molecule has 5 nitrogen and oxygen atoms in total. The molecule has 2 N–H and O–H groups in total. The van der Waals surface area contributed by atoms with Gasteiger partial charge in [0.15, 0.2) is 0 Å². The van der Waals surface area contributed by atoms with E-state index in [1.807, 2.05) is 6.20 Å². The second-order valence-electron chi connectivity index (χ2n) is 5.27. The molecule has 3 heterocycles. The van der Waals surface area contributed by atoms with Gasteiger partial charge in [-0.1, -0.05) is 0 Å². The zero-order valence-electron chi connectivity index (χ0n) is 10.8. The highest BCUT2D eigenvalue weighted by molar-refractivity contribution is 5.10. The predicted molar refractivity (Wildman–Crippen MR) is 69.5 cm³/mol. The molecule has 2 aliphatic heterocycles. The molecule has 5 heteroatoms. The first-order valence-electron chi connectivity index (χ1n) is 6.92. The first-order valence-corrected chi connectivity index (χ1v) is 6.92. The fourth-order valence-electron chi connectivity index (χ4n) is 2.84. The lowest BCUT2D eigenvalue weighted by Crippen LogP contribution is -2.38. The predicted octanol–water partition coefficient (Wildman–Crippen LogP) is 0.0313. The quantitative estimate of drug-likeness (QED) is 0.822. The van der Waals surface area contributed by atoms with E-state index in [9.17, 15) is 0 Å². The molecule has 100 valence electrons. The third-order valence-electron chi connectivity index (χ3n) is 3.97. The molecule has 0 spiro atoms. The summed E-state index contributed by atoms with van der Waals surface area (Å²) in [6.45, 7) is 5.97. The Balaban J connectivity index is 1.59. The lowest BCUT2D eigenvalue weighted by atomic mass is 10.1. The number of imidazole rings is 1. The lowest BCUT2D eigenvalue weighted by molar-refractivity contribution is 0.0381. The maximum absolute atomic E-state index is 5.99. The SMILES string of the molecule is NC1CCn2c(cnc2CCN2CCOCC2)C1. The third kappa shape index (κ3) is 2.58. The van der Waals surface area contributed by atoms with Crippen LogP contribution in [0.1, 0.15) is 17.9 Å². The van der Waals surface area contributed by atoms with Gasteiger partial charge < -0.3 is 15.0 Å². The standard InChI is InChI=1S/C13H22N4O/c14-11-1-4-17-12(9-11)10-15-13(17)2-3-16-5-7-18-8-6-16/h10-11H,1-9,14H2. The summed E-state index contributed by atoms with van der Waals surface area (Å²) in [6.07, 6.45) is 5.10. The Kier molecular flexibility index (Phi) is 3.63. The van der Waals surface area contributed by atoms with E-state index >= 15 is 0 Å². The van der Waals surface area contributed by atoms with Crippen molar-refractivity contribution >= 4 is 0 Å². The van der Waals surface area contributed by atoms with Gasteiger partial charge in [0.05, 0.1) is 13.2 Å². The second-order valence-corrected chi connectivity index (χ2v) is 5.27. The van der Waals surface area contributed by atoms with Gasteiger partial charge in [-0.05, 0) is 6.42 Å². The van der Waals surface area contributed by atoms with Gasteiger partial charge >= 0.3 is 0 Å². The minimum atomic E-state index is 0.321. The summed E-state index contributed by atoms with van der Waals surface area (Å²) in [5.74, 6) is 1.23. The number of fused-ring (bicyclic) bond motifs is 1. The normalized spacial score (nSPS) is 25.1. The van der Waals surface area contributed by atoms with E-state index < -0.39 is 0 Å². The molecule has 0 aliphatic carbocycles. The number of hydrogen-bond acceptors (Lipinski definition) is 4. The molecule has 3 rings (SSSR count).